The summed E-state index contributed by atoms with van der Waals surface area (Å²) < 4.78 is 5.74. The van der Waals surface area contributed by atoms with Crippen LogP contribution in [0.3, 0.4) is 0 Å². The molecule has 2 aromatic rings. The van der Waals surface area contributed by atoms with Crippen LogP contribution in [0.5, 0.6) is 0 Å². The molecule has 0 aliphatic carbocycles. The molecule has 3 saturated heterocycles. The molecule has 2 bridgehead atoms. The lowest BCUT2D eigenvalue weighted by Gasteiger charge is -2.43. The monoisotopic (exact) mass is 458 g/mol. The van der Waals surface area contributed by atoms with E-state index in [-0.39, 0.29) is 12.2 Å². The van der Waals surface area contributed by atoms with Gasteiger partial charge in [0.1, 0.15) is 6.10 Å². The third-order valence-electron chi connectivity index (χ3n) is 5.35. The smallest absolute Gasteiger partial charge is 0.411 e. The molecule has 5 rings (SSSR count). The Kier molecular flexibility index (Phi) is 8.02. The molecular formula is C23H26N2O6S. The van der Waals surface area contributed by atoms with E-state index in [0.717, 1.165) is 48.6 Å². The highest BCUT2D eigenvalue weighted by atomic mass is 32.1. The topological polar surface area (TPSA) is 116 Å². The minimum atomic E-state index is -1.26. The molecule has 1 unspecified atom stereocenters. The number of carbonyl (C=O) groups excluding carboxylic acids is 1. The second-order valence-corrected chi connectivity index (χ2v) is 8.94. The molecule has 3 fully saturated rings. The van der Waals surface area contributed by atoms with Gasteiger partial charge in [-0.3, -0.25) is 10.2 Å². The summed E-state index contributed by atoms with van der Waals surface area (Å²) in [5.74, 6) is -1.99. The van der Waals surface area contributed by atoms with Crippen LogP contribution in [0.4, 0.5) is 10.5 Å². The number of hydrogen-bond donors (Lipinski definition) is 3. The number of carboxylic acids is 2. The van der Waals surface area contributed by atoms with Crippen molar-refractivity contribution in [1.29, 1.82) is 0 Å². The second kappa shape index (κ2) is 10.9. The number of carbonyl (C=O) groups is 3. The van der Waals surface area contributed by atoms with Crippen LogP contribution in [0.25, 0.3) is 10.4 Å². The molecule has 0 saturated carbocycles. The van der Waals surface area contributed by atoms with Crippen LogP contribution < -0.4 is 5.32 Å². The number of benzene rings is 1. The third kappa shape index (κ3) is 6.66. The van der Waals surface area contributed by atoms with Crippen LogP contribution in [0, 0.1) is 12.8 Å². The number of thiophene rings is 1. The van der Waals surface area contributed by atoms with E-state index in [1.165, 1.54) is 4.88 Å². The first-order chi connectivity index (χ1) is 15.3. The number of anilines is 1. The van der Waals surface area contributed by atoms with Gasteiger partial charge in [0.05, 0.1) is 10.6 Å². The second-order valence-electron chi connectivity index (χ2n) is 7.68. The van der Waals surface area contributed by atoms with Gasteiger partial charge in [-0.25, -0.2) is 14.4 Å². The maximum absolute atomic E-state index is 12.4. The molecular weight excluding hydrogens is 432 g/mol. The maximum atomic E-state index is 12.4. The Balaban J connectivity index is 0.000000312. The van der Waals surface area contributed by atoms with Crippen LogP contribution in [0.15, 0.2) is 48.6 Å². The number of aryl methyl sites for hydroxylation is 1. The van der Waals surface area contributed by atoms with Crippen molar-refractivity contribution >= 4 is 35.1 Å². The Hall–Kier alpha value is -3.17. The maximum Gasteiger partial charge on any atom is 0.411 e. The summed E-state index contributed by atoms with van der Waals surface area (Å²) in [5.41, 5.74) is 1.96. The first-order valence-electron chi connectivity index (χ1n) is 10.3. The Labute approximate surface area is 190 Å². The average molecular weight is 459 g/mol. The summed E-state index contributed by atoms with van der Waals surface area (Å²) in [6.45, 7) is 5.23. The lowest BCUT2D eigenvalue weighted by atomic mass is 9.86. The number of fused-ring (bicyclic) bond motifs is 3. The van der Waals surface area contributed by atoms with Crippen molar-refractivity contribution in [3.05, 3.63) is 53.4 Å². The Bertz CT molecular complexity index is 964. The lowest BCUT2D eigenvalue weighted by Crippen LogP contribution is -2.52. The highest BCUT2D eigenvalue weighted by Crippen LogP contribution is 2.37. The van der Waals surface area contributed by atoms with Crippen LogP contribution in [-0.4, -0.2) is 58.9 Å². The fourth-order valence-corrected chi connectivity index (χ4v) is 4.85. The van der Waals surface area contributed by atoms with Gasteiger partial charge in [-0.1, -0.05) is 30.3 Å². The van der Waals surface area contributed by atoms with E-state index in [9.17, 15) is 14.4 Å². The zero-order valence-electron chi connectivity index (χ0n) is 17.7. The van der Waals surface area contributed by atoms with E-state index in [1.807, 2.05) is 24.3 Å². The van der Waals surface area contributed by atoms with Crippen molar-refractivity contribution in [3.8, 4) is 10.4 Å². The van der Waals surface area contributed by atoms with E-state index in [2.05, 4.69) is 29.3 Å². The van der Waals surface area contributed by atoms with Gasteiger partial charge in [-0.05, 0) is 50.4 Å². The molecule has 8 nitrogen and oxygen atoms in total. The van der Waals surface area contributed by atoms with E-state index in [4.69, 9.17) is 14.9 Å². The average Bonchev–Trinajstić information content (AvgIpc) is 3.14. The Morgan fingerprint density at radius 1 is 1.09 bits per heavy atom. The quantitative estimate of drug-likeness (QED) is 0.578. The van der Waals surface area contributed by atoms with Gasteiger partial charge < -0.3 is 14.9 Å². The molecule has 9 heteroatoms. The molecule has 3 aliphatic heterocycles. The zero-order chi connectivity index (χ0) is 23.1. The molecule has 0 radical (unpaired) electrons. The van der Waals surface area contributed by atoms with Crippen molar-refractivity contribution in [3.63, 3.8) is 0 Å². The summed E-state index contributed by atoms with van der Waals surface area (Å²) in [7, 11) is 0. The number of piperidine rings is 3. The fraction of sp³-hybridized carbons (Fsp3) is 0.348. The van der Waals surface area contributed by atoms with Crippen molar-refractivity contribution < 1.29 is 29.3 Å². The predicted molar refractivity (Wildman–Crippen MR) is 122 cm³/mol. The minimum absolute atomic E-state index is 0.0346. The van der Waals surface area contributed by atoms with E-state index in [0.29, 0.717) is 18.1 Å². The third-order valence-corrected chi connectivity index (χ3v) is 6.45. The van der Waals surface area contributed by atoms with Crippen LogP contribution in [0.1, 0.15) is 17.7 Å². The fourth-order valence-electron chi connectivity index (χ4n) is 3.87. The molecule has 170 valence electrons. The highest BCUT2D eigenvalue weighted by molar-refractivity contribution is 7.16. The van der Waals surface area contributed by atoms with Crippen LogP contribution >= 0.6 is 11.3 Å². The zero-order valence-corrected chi connectivity index (χ0v) is 18.5. The predicted octanol–water partition coefficient (Wildman–Crippen LogP) is 4.08. The summed E-state index contributed by atoms with van der Waals surface area (Å²) in [4.78, 5) is 36.2. The molecule has 1 aromatic carbocycles. The molecule has 3 N–H and O–H groups in total. The number of nitrogens with one attached hydrogen (secondary N) is 1. The van der Waals surface area contributed by atoms with Crippen molar-refractivity contribution in [2.45, 2.75) is 25.9 Å². The molecule has 1 atom stereocenters. The molecule has 32 heavy (non-hydrogen) atoms. The van der Waals surface area contributed by atoms with Gasteiger partial charge in [0.25, 0.3) is 0 Å². The lowest BCUT2D eigenvalue weighted by molar-refractivity contribution is -0.134. The van der Waals surface area contributed by atoms with E-state index in [1.54, 1.807) is 11.3 Å². The number of ether oxygens (including phenoxy) is 1. The first-order valence-corrected chi connectivity index (χ1v) is 11.1. The SMILES string of the molecule is Cc1cc(NC(=O)OC2CN3CCC2CC3)c(-c2ccccc2)s1.O=C(O)/C=C/C(=O)O. The number of amides is 1. The molecule has 3 aliphatic rings. The van der Waals surface area contributed by atoms with E-state index >= 15 is 0 Å². The van der Waals surface area contributed by atoms with Crippen molar-refractivity contribution in [2.24, 2.45) is 5.92 Å². The normalized spacial score (nSPS) is 21.5. The van der Waals surface area contributed by atoms with Gasteiger partial charge in [-0.2, -0.15) is 0 Å². The number of carboxylic acid groups (broad SMARTS) is 2. The number of hydrogen-bond acceptors (Lipinski definition) is 6. The minimum Gasteiger partial charge on any atom is -0.478 e. The van der Waals surface area contributed by atoms with E-state index < -0.39 is 11.9 Å². The Morgan fingerprint density at radius 2 is 1.72 bits per heavy atom. The summed E-state index contributed by atoms with van der Waals surface area (Å²) in [5, 5.41) is 18.6. The Morgan fingerprint density at radius 3 is 2.25 bits per heavy atom. The van der Waals surface area contributed by atoms with Crippen molar-refractivity contribution in [2.75, 3.05) is 25.0 Å². The van der Waals surface area contributed by atoms with Crippen molar-refractivity contribution in [1.82, 2.24) is 4.90 Å². The largest absolute Gasteiger partial charge is 0.478 e. The highest BCUT2D eigenvalue weighted by Gasteiger charge is 2.36. The van der Waals surface area contributed by atoms with Gasteiger partial charge in [0.15, 0.2) is 0 Å². The van der Waals surface area contributed by atoms with Crippen LogP contribution in [-0.2, 0) is 14.3 Å². The first kappa shape index (κ1) is 23.5. The molecule has 1 amide bonds. The van der Waals surface area contributed by atoms with Gasteiger partial charge in [0.2, 0.25) is 0 Å². The van der Waals surface area contributed by atoms with Gasteiger partial charge in [-0.15, -0.1) is 11.3 Å². The number of aliphatic carboxylic acids is 2. The molecule has 0 spiro atoms. The summed E-state index contributed by atoms with van der Waals surface area (Å²) >= 11 is 1.69. The molecule has 4 heterocycles. The summed E-state index contributed by atoms with van der Waals surface area (Å²) in [6.07, 6.45) is 3.11. The van der Waals surface area contributed by atoms with Gasteiger partial charge >= 0.3 is 18.0 Å². The number of rotatable bonds is 5. The van der Waals surface area contributed by atoms with Crippen LogP contribution in [0.2, 0.25) is 0 Å². The molecule has 1 aromatic heterocycles. The number of nitrogens with zero attached hydrogens (tertiary/aromatic N) is 1. The summed E-state index contributed by atoms with van der Waals surface area (Å²) in [6, 6.07) is 12.2. The van der Waals surface area contributed by atoms with Gasteiger partial charge in [0, 0.05) is 23.6 Å². The standard InChI is InChI=1S/C19H22N2O2S.C4H4O4/c1-13-11-16(18(24-13)15-5-3-2-4-6-15)20-19(22)23-17-12-21-9-7-14(17)8-10-21;5-3(6)1-2-4(7)8/h2-6,11,14,17H,7-10,12H2,1H3,(H,20,22);1-2H,(H,5,6)(H,7,8)/b;2-1+.